The number of amidine groups is 1. The summed E-state index contributed by atoms with van der Waals surface area (Å²) in [6, 6.07) is 2.41. The second-order valence-corrected chi connectivity index (χ2v) is 12.9. The molecule has 2 fully saturated rings. The Hall–Kier alpha value is -3.35. The van der Waals surface area contributed by atoms with Crippen molar-refractivity contribution >= 4 is 46.6 Å². The Morgan fingerprint density at radius 2 is 2.00 bits per heavy atom. The van der Waals surface area contributed by atoms with Gasteiger partial charge in [-0.15, -0.1) is 11.3 Å². The van der Waals surface area contributed by atoms with Crippen molar-refractivity contribution in [3.05, 3.63) is 62.5 Å². The zero-order valence-corrected chi connectivity index (χ0v) is 26.5. The van der Waals surface area contributed by atoms with Gasteiger partial charge >= 0.3 is 12.0 Å². The quantitative estimate of drug-likeness (QED) is 0.431. The molecule has 1 aromatic carbocycles. The van der Waals surface area contributed by atoms with Crippen LogP contribution in [0.1, 0.15) is 57.7 Å². The van der Waals surface area contributed by atoms with Crippen molar-refractivity contribution in [2.75, 3.05) is 32.8 Å². The summed E-state index contributed by atoms with van der Waals surface area (Å²) < 4.78 is 20.2. The summed E-state index contributed by atoms with van der Waals surface area (Å²) in [6.45, 7) is 11.0. The van der Waals surface area contributed by atoms with Crippen LogP contribution in [-0.2, 0) is 14.3 Å². The number of piperazine rings is 1. The van der Waals surface area contributed by atoms with Crippen molar-refractivity contribution in [1.29, 1.82) is 0 Å². The van der Waals surface area contributed by atoms with E-state index in [-0.39, 0.29) is 41.6 Å². The number of ether oxygens (including phenoxy) is 1. The second-order valence-electron chi connectivity index (χ2n) is 11.7. The van der Waals surface area contributed by atoms with Gasteiger partial charge in [0.1, 0.15) is 11.9 Å². The molecule has 10 nitrogen and oxygen atoms in total. The predicted octanol–water partition coefficient (Wildman–Crippen LogP) is 4.41. The maximum Gasteiger partial charge on any atom is 0.338 e. The molecule has 0 spiro atoms. The van der Waals surface area contributed by atoms with Gasteiger partial charge in [0, 0.05) is 61.0 Å². The first-order valence-corrected chi connectivity index (χ1v) is 15.7. The van der Waals surface area contributed by atoms with Gasteiger partial charge < -0.3 is 19.9 Å². The van der Waals surface area contributed by atoms with Crippen LogP contribution in [0.5, 0.6) is 0 Å². The first-order valence-electron chi connectivity index (χ1n) is 14.4. The number of carbonyl (C=O) groups excluding carboxylic acids is 3. The van der Waals surface area contributed by atoms with Crippen LogP contribution in [0.3, 0.4) is 0 Å². The zero-order chi connectivity index (χ0) is 31.1. The lowest BCUT2D eigenvalue weighted by Crippen LogP contribution is -2.62. The lowest BCUT2D eigenvalue weighted by Gasteiger charge is -2.43. The number of carbonyl (C=O) groups is 3. The number of benzene rings is 1. The number of fused-ring (bicyclic) bond motifs is 1. The fourth-order valence-electron chi connectivity index (χ4n) is 5.96. The van der Waals surface area contributed by atoms with Crippen LogP contribution >= 0.6 is 22.9 Å². The van der Waals surface area contributed by atoms with Gasteiger partial charge in [-0.05, 0) is 33.8 Å². The van der Waals surface area contributed by atoms with Gasteiger partial charge in [0.25, 0.3) is 0 Å². The minimum Gasteiger partial charge on any atom is -0.463 e. The first kappa shape index (κ1) is 31.1. The van der Waals surface area contributed by atoms with E-state index in [1.54, 1.807) is 29.5 Å². The lowest BCUT2D eigenvalue weighted by atomic mass is 9.93. The molecule has 3 aliphatic heterocycles. The molecule has 2 amide bonds. The third kappa shape index (κ3) is 5.92. The minimum atomic E-state index is -0.983. The van der Waals surface area contributed by atoms with E-state index in [9.17, 15) is 18.8 Å². The molecule has 43 heavy (non-hydrogen) atoms. The molecule has 2 saturated heterocycles. The van der Waals surface area contributed by atoms with Gasteiger partial charge in [0.2, 0.25) is 0 Å². The van der Waals surface area contributed by atoms with Gasteiger partial charge in [0.15, 0.2) is 16.6 Å². The third-order valence-electron chi connectivity index (χ3n) is 8.01. The molecule has 1 N–H and O–H groups in total. The van der Waals surface area contributed by atoms with Crippen LogP contribution in [0.2, 0.25) is 5.02 Å². The molecule has 0 unspecified atom stereocenters. The van der Waals surface area contributed by atoms with E-state index in [0.717, 1.165) is 0 Å². The van der Waals surface area contributed by atoms with Crippen molar-refractivity contribution in [1.82, 2.24) is 25.0 Å². The molecule has 5 rings (SSSR count). The number of thiazole rings is 1. The van der Waals surface area contributed by atoms with Crippen LogP contribution in [0.4, 0.5) is 9.18 Å². The van der Waals surface area contributed by atoms with E-state index < -0.39 is 29.4 Å². The number of ketones is 1. The van der Waals surface area contributed by atoms with Crippen LogP contribution in [-0.4, -0.2) is 93.7 Å². The number of urea groups is 1. The van der Waals surface area contributed by atoms with E-state index in [2.05, 4.69) is 10.3 Å². The molecule has 0 radical (unpaired) electrons. The molecule has 3 aliphatic rings. The molecular formula is C30H36ClFN6O4S. The Bertz CT molecular complexity index is 1470. The van der Waals surface area contributed by atoms with E-state index in [4.69, 9.17) is 21.3 Å². The number of nitrogens with zero attached hydrogens (tertiary/aromatic N) is 5. The summed E-state index contributed by atoms with van der Waals surface area (Å²) >= 11 is 7.80. The summed E-state index contributed by atoms with van der Waals surface area (Å²) in [5.74, 6) is -0.849. The van der Waals surface area contributed by atoms with Gasteiger partial charge in [-0.3, -0.25) is 14.7 Å². The van der Waals surface area contributed by atoms with Crippen molar-refractivity contribution in [3.63, 3.8) is 0 Å². The molecule has 0 aliphatic carbocycles. The average Bonchev–Trinajstić information content (AvgIpc) is 3.62. The Morgan fingerprint density at radius 3 is 2.65 bits per heavy atom. The van der Waals surface area contributed by atoms with Gasteiger partial charge in [-0.25, -0.2) is 19.0 Å². The highest BCUT2D eigenvalue weighted by Gasteiger charge is 2.51. The summed E-state index contributed by atoms with van der Waals surface area (Å²) in [4.78, 5) is 55.3. The van der Waals surface area contributed by atoms with E-state index in [0.29, 0.717) is 48.2 Å². The number of esters is 1. The number of aliphatic imine (C=N–C) groups is 1. The fourth-order valence-corrected chi connectivity index (χ4v) is 6.77. The number of nitrogens with one attached hydrogen (secondary N) is 1. The molecule has 0 bridgehead atoms. The zero-order valence-electron chi connectivity index (χ0n) is 24.9. The van der Waals surface area contributed by atoms with E-state index >= 15 is 0 Å². The van der Waals surface area contributed by atoms with Crippen molar-refractivity contribution in [2.24, 2.45) is 4.99 Å². The largest absolute Gasteiger partial charge is 0.463 e. The maximum absolute atomic E-state index is 14.7. The molecule has 2 aromatic rings. The highest BCUT2D eigenvalue weighted by molar-refractivity contribution is 7.11. The molecule has 3 atom stereocenters. The van der Waals surface area contributed by atoms with E-state index in [1.165, 1.54) is 23.5 Å². The second kappa shape index (κ2) is 12.3. The number of Topliss-reactive ketones (excluding diaryl/α,β-unsaturated/α-hetero) is 1. The smallest absolute Gasteiger partial charge is 0.338 e. The number of hydrogen-bond acceptors (Lipinski definition) is 9. The number of halogens is 2. The molecule has 1 aromatic heterocycles. The highest BCUT2D eigenvalue weighted by Crippen LogP contribution is 2.38. The van der Waals surface area contributed by atoms with Gasteiger partial charge in [-0.1, -0.05) is 30.7 Å². The normalized spacial score (nSPS) is 22.8. The SMILES string of the molecule is CCOC(=O)C1=C(CN2CCN3C(=O)N(C(C)(C)C)C[C@H]3[C@@H]2C(=O)CC)NC(c2nccs2)=N[C@H]1c1cccc(F)c1Cl. The predicted molar refractivity (Wildman–Crippen MR) is 163 cm³/mol. The Labute approximate surface area is 259 Å². The third-order valence-corrected chi connectivity index (χ3v) is 9.19. The highest BCUT2D eigenvalue weighted by atomic mass is 35.5. The monoisotopic (exact) mass is 630 g/mol. The van der Waals surface area contributed by atoms with Crippen molar-refractivity contribution in [3.8, 4) is 0 Å². The van der Waals surface area contributed by atoms with Crippen LogP contribution in [0, 0.1) is 5.82 Å². The Balaban J connectivity index is 1.60. The molecule has 0 saturated carbocycles. The minimum absolute atomic E-state index is 0.00546. The number of aromatic nitrogens is 1. The molecule has 230 valence electrons. The van der Waals surface area contributed by atoms with Crippen LogP contribution in [0.25, 0.3) is 0 Å². The summed E-state index contributed by atoms with van der Waals surface area (Å²) in [5.41, 5.74) is 0.549. The topological polar surface area (TPSA) is 107 Å². The maximum atomic E-state index is 14.7. The first-order chi connectivity index (χ1) is 20.5. The number of hydrogen-bond donors (Lipinski definition) is 1. The van der Waals surface area contributed by atoms with Gasteiger partial charge in [0.05, 0.1) is 29.3 Å². The van der Waals surface area contributed by atoms with Gasteiger partial charge in [-0.2, -0.15) is 0 Å². The molecule has 4 heterocycles. The Kier molecular flexibility index (Phi) is 8.92. The van der Waals surface area contributed by atoms with Crippen molar-refractivity contribution in [2.45, 2.75) is 64.7 Å². The fraction of sp³-hybridized carbons (Fsp3) is 0.500. The molecule has 13 heteroatoms. The number of rotatable bonds is 8. The van der Waals surface area contributed by atoms with Crippen LogP contribution in [0.15, 0.2) is 46.0 Å². The summed E-state index contributed by atoms with van der Waals surface area (Å²) in [5, 5.41) is 5.54. The lowest BCUT2D eigenvalue weighted by molar-refractivity contribution is -0.139. The standard InChI is InChI=1S/C30H36ClFN6O4S/c1-6-21(39)25-20-16-38(30(3,4)5)29(41)37(20)13-12-36(25)15-19-22(28(40)42-7-2)24(17-9-8-10-18(32)23(17)31)35-26(34-19)27-33-11-14-43-27/h8-11,14,20,24-25H,6-7,12-13,15-16H2,1-5H3,(H,34,35)/t20-,24-,25+/m0/s1. The molecular weight excluding hydrogens is 595 g/mol. The number of amides is 2. The van der Waals surface area contributed by atoms with Crippen LogP contribution < -0.4 is 5.32 Å². The summed E-state index contributed by atoms with van der Waals surface area (Å²) in [7, 11) is 0. The van der Waals surface area contributed by atoms with E-state index in [1.807, 2.05) is 37.5 Å². The average molecular weight is 631 g/mol. The summed E-state index contributed by atoms with van der Waals surface area (Å²) in [6.07, 6.45) is 1.94. The Morgan fingerprint density at radius 1 is 1.23 bits per heavy atom. The van der Waals surface area contributed by atoms with Crippen molar-refractivity contribution < 1.29 is 23.5 Å².